The maximum absolute atomic E-state index is 13.2. The number of rotatable bonds is 21. The molecule has 9 heteroatoms. The van der Waals surface area contributed by atoms with Crippen LogP contribution >= 0.6 is 0 Å². The average Bonchev–Trinajstić information content (AvgIpc) is 2.83. The molecule has 0 heterocycles. The molecule has 7 nitrogen and oxygen atoms in total. The van der Waals surface area contributed by atoms with Gasteiger partial charge < -0.3 is 14.2 Å². The Labute approximate surface area is 233 Å². The van der Waals surface area contributed by atoms with Crippen LogP contribution in [0.5, 0.6) is 0 Å². The number of amides is 1. The van der Waals surface area contributed by atoms with Gasteiger partial charge in [-0.15, -0.1) is 0 Å². The number of hydrogen-bond donors (Lipinski definition) is 1. The Morgan fingerprint density at radius 3 is 1.95 bits per heavy atom. The molecule has 0 spiro atoms. The minimum Gasteiger partial charge on any atom is -0.415 e. The first-order valence-corrected chi connectivity index (χ1v) is 21.5. The van der Waals surface area contributed by atoms with E-state index in [1.54, 1.807) is 12.1 Å². The number of carbonyl (C=O) groups is 1. The number of hydrogen-bond acceptors (Lipinski definition) is 5. The fourth-order valence-electron chi connectivity index (χ4n) is 4.40. The van der Waals surface area contributed by atoms with Crippen LogP contribution in [0.25, 0.3) is 0 Å². The average molecular weight is 567 g/mol. The summed E-state index contributed by atoms with van der Waals surface area (Å²) in [5.74, 6) is -0.332. The lowest BCUT2D eigenvalue weighted by atomic mass is 10.0. The molecule has 38 heavy (non-hydrogen) atoms. The molecule has 0 saturated carbocycles. The Balaban J connectivity index is 2.77. The van der Waals surface area contributed by atoms with Crippen LogP contribution in [0.1, 0.15) is 94.3 Å². The van der Waals surface area contributed by atoms with Crippen LogP contribution < -0.4 is 5.32 Å². The van der Waals surface area contributed by atoms with Gasteiger partial charge in [0, 0.05) is 17.7 Å². The lowest BCUT2D eigenvalue weighted by Crippen LogP contribution is -2.51. The first-order chi connectivity index (χ1) is 17.8. The molecule has 1 rings (SSSR count). The Kier molecular flexibility index (Phi) is 16.3. The van der Waals surface area contributed by atoms with E-state index in [-0.39, 0.29) is 29.3 Å². The maximum atomic E-state index is 13.2. The first-order valence-electron chi connectivity index (χ1n) is 14.7. The van der Waals surface area contributed by atoms with Gasteiger partial charge in [-0.25, -0.2) is 0 Å². The number of unbranched alkanes of at least 4 members (excludes halogenated alkanes) is 10. The van der Waals surface area contributed by atoms with Crippen LogP contribution in [-0.2, 0) is 8.85 Å². The summed E-state index contributed by atoms with van der Waals surface area (Å²) in [7, 11) is -3.73. The third kappa shape index (κ3) is 16.4. The molecule has 1 aromatic rings. The van der Waals surface area contributed by atoms with Crippen molar-refractivity contribution in [3.8, 4) is 0 Å². The highest BCUT2D eigenvalue weighted by atomic mass is 28.4. The van der Waals surface area contributed by atoms with E-state index < -0.39 is 21.6 Å². The molecule has 0 saturated heterocycles. The lowest BCUT2D eigenvalue weighted by Gasteiger charge is -2.34. The number of non-ortho nitro benzene ring substituents is 1. The van der Waals surface area contributed by atoms with Crippen molar-refractivity contribution in [1.29, 1.82) is 0 Å². The van der Waals surface area contributed by atoms with Crippen molar-refractivity contribution in [1.82, 2.24) is 5.32 Å². The topological polar surface area (TPSA) is 90.7 Å². The van der Waals surface area contributed by atoms with E-state index in [0.717, 1.165) is 19.3 Å². The van der Waals surface area contributed by atoms with Crippen LogP contribution in [0.15, 0.2) is 24.3 Å². The number of carbonyl (C=O) groups excluding carboxylic acids is 1. The fraction of sp³-hybridized carbons (Fsp3) is 0.759. The zero-order valence-corrected chi connectivity index (χ0v) is 27.1. The predicted molar refractivity (Wildman–Crippen MR) is 163 cm³/mol. The SMILES string of the molecule is CCCCCCCCCCCCCC(O[Si](C)(C)C)C(CO[Si](C)(C)C)NC(=O)c1cccc([N+](=O)[O-])c1. The molecule has 0 bridgehead atoms. The lowest BCUT2D eigenvalue weighted by molar-refractivity contribution is -0.384. The van der Waals surface area contributed by atoms with Crippen LogP contribution in [0, 0.1) is 10.1 Å². The Morgan fingerprint density at radius 1 is 0.895 bits per heavy atom. The predicted octanol–water partition coefficient (Wildman–Crippen LogP) is 8.47. The summed E-state index contributed by atoms with van der Waals surface area (Å²) in [6.07, 6.45) is 14.8. The smallest absolute Gasteiger partial charge is 0.270 e. The van der Waals surface area contributed by atoms with Crippen molar-refractivity contribution in [2.45, 2.75) is 135 Å². The summed E-state index contributed by atoms with van der Waals surface area (Å²) in [6.45, 7) is 15.5. The molecule has 218 valence electrons. The van der Waals surface area contributed by atoms with Crippen molar-refractivity contribution < 1.29 is 18.6 Å². The second-order valence-corrected chi connectivity index (χ2v) is 21.4. The molecular formula is C29H54N2O5Si2. The van der Waals surface area contributed by atoms with Crippen molar-refractivity contribution >= 4 is 28.2 Å². The van der Waals surface area contributed by atoms with Gasteiger partial charge in [-0.1, -0.05) is 83.6 Å². The molecule has 0 aliphatic heterocycles. The largest absolute Gasteiger partial charge is 0.415 e. The maximum Gasteiger partial charge on any atom is 0.270 e. The molecule has 0 fully saturated rings. The zero-order valence-electron chi connectivity index (χ0n) is 25.1. The minimum absolute atomic E-state index is 0.0941. The number of nitrogens with one attached hydrogen (secondary N) is 1. The van der Waals surface area contributed by atoms with E-state index in [1.807, 2.05) is 0 Å². The van der Waals surface area contributed by atoms with Gasteiger partial charge >= 0.3 is 0 Å². The Morgan fingerprint density at radius 2 is 1.45 bits per heavy atom. The van der Waals surface area contributed by atoms with E-state index in [1.165, 1.54) is 69.9 Å². The number of nitrogens with zero attached hydrogens (tertiary/aromatic N) is 1. The van der Waals surface area contributed by atoms with Gasteiger partial charge in [-0.05, 0) is 51.8 Å². The van der Waals surface area contributed by atoms with E-state index in [0.29, 0.717) is 6.61 Å². The molecule has 1 amide bonds. The van der Waals surface area contributed by atoms with E-state index in [2.05, 4.69) is 51.5 Å². The molecular weight excluding hydrogens is 513 g/mol. The van der Waals surface area contributed by atoms with Gasteiger partial charge in [-0.2, -0.15) is 0 Å². The van der Waals surface area contributed by atoms with Crippen LogP contribution in [0.2, 0.25) is 39.3 Å². The van der Waals surface area contributed by atoms with Crippen molar-refractivity contribution in [3.05, 3.63) is 39.9 Å². The van der Waals surface area contributed by atoms with Crippen molar-refractivity contribution in [2.75, 3.05) is 6.61 Å². The molecule has 1 N–H and O–H groups in total. The summed E-state index contributed by atoms with van der Waals surface area (Å²) >= 11 is 0. The number of nitro benzene ring substituents is 1. The van der Waals surface area contributed by atoms with Gasteiger partial charge in [-0.3, -0.25) is 14.9 Å². The van der Waals surface area contributed by atoms with Gasteiger partial charge in [0.1, 0.15) is 0 Å². The summed E-state index contributed by atoms with van der Waals surface area (Å²) in [5, 5.41) is 14.3. The van der Waals surface area contributed by atoms with Crippen LogP contribution in [0.4, 0.5) is 5.69 Å². The highest BCUT2D eigenvalue weighted by Crippen LogP contribution is 2.21. The monoisotopic (exact) mass is 566 g/mol. The summed E-state index contributed by atoms with van der Waals surface area (Å²) in [6, 6.07) is 5.55. The van der Waals surface area contributed by atoms with Crippen LogP contribution in [0.3, 0.4) is 0 Å². The molecule has 2 unspecified atom stereocenters. The van der Waals surface area contributed by atoms with E-state index in [4.69, 9.17) is 8.85 Å². The highest BCUT2D eigenvalue weighted by molar-refractivity contribution is 6.70. The molecule has 1 aromatic carbocycles. The second-order valence-electron chi connectivity index (χ2n) is 12.4. The van der Waals surface area contributed by atoms with E-state index >= 15 is 0 Å². The van der Waals surface area contributed by atoms with Gasteiger partial charge in [0.05, 0.1) is 23.7 Å². The minimum atomic E-state index is -1.90. The van der Waals surface area contributed by atoms with E-state index in [9.17, 15) is 14.9 Å². The third-order valence-electron chi connectivity index (χ3n) is 6.38. The van der Waals surface area contributed by atoms with Crippen molar-refractivity contribution in [2.24, 2.45) is 0 Å². The highest BCUT2D eigenvalue weighted by Gasteiger charge is 2.31. The number of benzene rings is 1. The summed E-state index contributed by atoms with van der Waals surface area (Å²) in [4.78, 5) is 23.9. The van der Waals surface area contributed by atoms with Gasteiger partial charge in [0.2, 0.25) is 0 Å². The quantitative estimate of drug-likeness (QED) is 0.0697. The molecule has 0 radical (unpaired) electrons. The van der Waals surface area contributed by atoms with Gasteiger partial charge in [0.25, 0.3) is 11.6 Å². The standard InChI is InChI=1S/C29H54N2O5Si2/c1-8-9-10-11-12-13-14-15-16-17-18-22-28(36-38(5,6)7)27(24-35-37(2,3)4)30-29(32)25-20-19-21-26(23-25)31(33)34/h19-21,23,27-28H,8-18,22,24H2,1-7H3,(H,30,32). The number of nitro groups is 1. The first kappa shape index (κ1) is 34.5. The summed E-state index contributed by atoms with van der Waals surface area (Å²) in [5.41, 5.74) is 0.182. The molecule has 0 aromatic heterocycles. The normalized spacial score (nSPS) is 13.8. The zero-order chi connectivity index (χ0) is 28.6. The summed E-state index contributed by atoms with van der Waals surface area (Å²) < 4.78 is 12.9. The van der Waals surface area contributed by atoms with Crippen LogP contribution in [-0.4, -0.2) is 46.2 Å². The molecule has 0 aliphatic rings. The Bertz CT molecular complexity index is 824. The molecule has 0 aliphatic carbocycles. The van der Waals surface area contributed by atoms with Gasteiger partial charge in [0.15, 0.2) is 16.6 Å². The second kappa shape index (κ2) is 17.9. The molecule has 2 atom stereocenters. The fourth-order valence-corrected chi connectivity index (χ4v) is 6.27. The Hall–Kier alpha value is -1.56. The van der Waals surface area contributed by atoms with Crippen molar-refractivity contribution in [3.63, 3.8) is 0 Å². The third-order valence-corrected chi connectivity index (χ3v) is 8.42.